The zero-order valence-electron chi connectivity index (χ0n) is 10.4. The number of Topliss-reactive ketones (excluding diaryl/α,β-unsaturated/α-hetero) is 1. The van der Waals surface area contributed by atoms with E-state index in [0.29, 0.717) is 11.5 Å². The standard InChI is InChI=1S/C13H15ClF2N2O/c14-9-11(19)8-10-2-1-3-12(17-10)18-6-4-13(15,16)5-7-18/h1-3H,4-9H2. The van der Waals surface area contributed by atoms with Crippen LogP contribution >= 0.6 is 11.6 Å². The Kier molecular flexibility index (Phi) is 4.34. The number of nitrogens with zero attached hydrogens (tertiary/aromatic N) is 2. The Bertz CT molecular complexity index is 458. The number of carbonyl (C=O) groups excluding carboxylic acids is 1. The van der Waals surface area contributed by atoms with Gasteiger partial charge in [-0.2, -0.15) is 0 Å². The molecule has 3 nitrogen and oxygen atoms in total. The third-order valence-corrected chi connectivity index (χ3v) is 3.44. The van der Waals surface area contributed by atoms with Gasteiger partial charge in [0, 0.05) is 25.9 Å². The molecule has 2 heterocycles. The monoisotopic (exact) mass is 288 g/mol. The quantitative estimate of drug-likeness (QED) is 0.799. The minimum atomic E-state index is -2.57. The lowest BCUT2D eigenvalue weighted by Crippen LogP contribution is -2.39. The van der Waals surface area contributed by atoms with Gasteiger partial charge in [0.05, 0.1) is 18.0 Å². The lowest BCUT2D eigenvalue weighted by Gasteiger charge is -2.32. The molecule has 0 aliphatic carbocycles. The molecule has 0 atom stereocenters. The molecule has 1 fully saturated rings. The third-order valence-electron chi connectivity index (χ3n) is 3.14. The molecule has 1 aliphatic heterocycles. The highest BCUT2D eigenvalue weighted by Crippen LogP contribution is 2.29. The van der Waals surface area contributed by atoms with Crippen molar-refractivity contribution in [3.05, 3.63) is 23.9 Å². The summed E-state index contributed by atoms with van der Waals surface area (Å²) in [5, 5.41) is 0. The number of ketones is 1. The number of piperidine rings is 1. The number of carbonyl (C=O) groups is 1. The van der Waals surface area contributed by atoms with Crippen LogP contribution in [0.25, 0.3) is 0 Å². The maximum Gasteiger partial charge on any atom is 0.251 e. The highest BCUT2D eigenvalue weighted by Gasteiger charge is 2.34. The van der Waals surface area contributed by atoms with Crippen LogP contribution in [0.3, 0.4) is 0 Å². The molecular formula is C13H15ClF2N2O. The van der Waals surface area contributed by atoms with Crippen molar-refractivity contribution in [3.63, 3.8) is 0 Å². The van der Waals surface area contributed by atoms with Crippen molar-refractivity contribution in [1.82, 2.24) is 4.98 Å². The van der Waals surface area contributed by atoms with Crippen LogP contribution in [0, 0.1) is 0 Å². The maximum absolute atomic E-state index is 13.1. The van der Waals surface area contributed by atoms with Gasteiger partial charge in [0.2, 0.25) is 0 Å². The van der Waals surface area contributed by atoms with Crippen molar-refractivity contribution in [2.45, 2.75) is 25.2 Å². The Morgan fingerprint density at radius 3 is 2.68 bits per heavy atom. The van der Waals surface area contributed by atoms with Crippen LogP contribution < -0.4 is 4.90 Å². The highest BCUT2D eigenvalue weighted by molar-refractivity contribution is 6.27. The van der Waals surface area contributed by atoms with E-state index in [-0.39, 0.29) is 44.0 Å². The maximum atomic E-state index is 13.1. The Morgan fingerprint density at radius 1 is 1.37 bits per heavy atom. The summed E-state index contributed by atoms with van der Waals surface area (Å²) in [5.74, 6) is -2.06. The second kappa shape index (κ2) is 5.82. The predicted molar refractivity (Wildman–Crippen MR) is 70.1 cm³/mol. The normalized spacial score (nSPS) is 18.4. The molecule has 0 N–H and O–H groups in total. The number of anilines is 1. The van der Waals surface area contributed by atoms with E-state index in [4.69, 9.17) is 11.6 Å². The van der Waals surface area contributed by atoms with Crippen LogP contribution in [0.4, 0.5) is 14.6 Å². The van der Waals surface area contributed by atoms with Gasteiger partial charge < -0.3 is 4.90 Å². The van der Waals surface area contributed by atoms with Crippen LogP contribution in [-0.2, 0) is 11.2 Å². The molecule has 0 amide bonds. The van der Waals surface area contributed by atoms with Crippen LogP contribution in [0.2, 0.25) is 0 Å². The van der Waals surface area contributed by atoms with Crippen LogP contribution in [0.1, 0.15) is 18.5 Å². The fraction of sp³-hybridized carbons (Fsp3) is 0.538. The van der Waals surface area contributed by atoms with Crippen LogP contribution in [-0.4, -0.2) is 35.7 Å². The van der Waals surface area contributed by atoms with E-state index in [1.165, 1.54) is 0 Å². The topological polar surface area (TPSA) is 33.2 Å². The minimum absolute atomic E-state index is 0.0398. The zero-order chi connectivity index (χ0) is 13.9. The zero-order valence-corrected chi connectivity index (χ0v) is 11.2. The van der Waals surface area contributed by atoms with Gasteiger partial charge in [-0.25, -0.2) is 13.8 Å². The molecule has 1 aromatic rings. The second-order valence-corrected chi connectivity index (χ2v) is 4.95. The summed E-state index contributed by atoms with van der Waals surface area (Å²) in [4.78, 5) is 17.4. The summed E-state index contributed by atoms with van der Waals surface area (Å²) >= 11 is 5.45. The first kappa shape index (κ1) is 14.2. The van der Waals surface area contributed by atoms with E-state index in [1.807, 2.05) is 4.90 Å². The molecule has 0 unspecified atom stereocenters. The second-order valence-electron chi connectivity index (χ2n) is 4.68. The average Bonchev–Trinajstić information content (AvgIpc) is 2.39. The summed E-state index contributed by atoms with van der Waals surface area (Å²) in [5.41, 5.74) is 0.625. The molecule has 1 saturated heterocycles. The molecule has 0 spiro atoms. The SMILES string of the molecule is O=C(CCl)Cc1cccc(N2CCC(F)(F)CC2)n1. The molecule has 6 heteroatoms. The Hall–Kier alpha value is -1.23. The number of pyridine rings is 1. The van der Waals surface area contributed by atoms with Crippen LogP contribution in [0.5, 0.6) is 0 Å². The van der Waals surface area contributed by atoms with E-state index in [9.17, 15) is 13.6 Å². The molecule has 104 valence electrons. The van der Waals surface area contributed by atoms with E-state index >= 15 is 0 Å². The molecule has 0 aromatic carbocycles. The van der Waals surface area contributed by atoms with Crippen molar-refractivity contribution in [2.75, 3.05) is 23.9 Å². The summed E-state index contributed by atoms with van der Waals surface area (Å²) in [6.07, 6.45) is -0.125. The first-order valence-corrected chi connectivity index (χ1v) is 6.70. The average molecular weight is 289 g/mol. The number of hydrogen-bond donors (Lipinski definition) is 0. The summed E-state index contributed by atoms with van der Waals surface area (Å²) in [6.45, 7) is 0.569. The first-order chi connectivity index (χ1) is 9.00. The largest absolute Gasteiger partial charge is 0.356 e. The van der Waals surface area contributed by atoms with Gasteiger partial charge >= 0.3 is 0 Å². The third kappa shape index (κ3) is 3.86. The van der Waals surface area contributed by atoms with Gasteiger partial charge in [0.1, 0.15) is 5.82 Å². The number of hydrogen-bond acceptors (Lipinski definition) is 3. The Labute approximate surface area is 115 Å². The van der Waals surface area contributed by atoms with Gasteiger partial charge in [0.25, 0.3) is 5.92 Å². The van der Waals surface area contributed by atoms with Crippen molar-refractivity contribution in [1.29, 1.82) is 0 Å². The fourth-order valence-corrected chi connectivity index (χ4v) is 2.15. The molecule has 0 radical (unpaired) electrons. The number of halogens is 3. The summed E-state index contributed by atoms with van der Waals surface area (Å²) < 4.78 is 26.2. The van der Waals surface area contributed by atoms with Crippen molar-refractivity contribution >= 4 is 23.2 Å². The fourth-order valence-electron chi connectivity index (χ4n) is 2.05. The number of rotatable bonds is 4. The Balaban J connectivity index is 2.05. The van der Waals surface area contributed by atoms with E-state index in [2.05, 4.69) is 4.98 Å². The summed E-state index contributed by atoms with van der Waals surface area (Å²) in [6, 6.07) is 5.30. The molecule has 0 saturated carbocycles. The highest BCUT2D eigenvalue weighted by atomic mass is 35.5. The van der Waals surface area contributed by atoms with Gasteiger partial charge in [-0.05, 0) is 12.1 Å². The van der Waals surface area contributed by atoms with E-state index < -0.39 is 5.92 Å². The molecule has 19 heavy (non-hydrogen) atoms. The minimum Gasteiger partial charge on any atom is -0.356 e. The van der Waals surface area contributed by atoms with E-state index in [1.54, 1.807) is 18.2 Å². The smallest absolute Gasteiger partial charge is 0.251 e. The van der Waals surface area contributed by atoms with Gasteiger partial charge in [-0.1, -0.05) is 6.07 Å². The van der Waals surface area contributed by atoms with Crippen molar-refractivity contribution < 1.29 is 13.6 Å². The predicted octanol–water partition coefficient (Wildman–Crippen LogP) is 2.67. The lowest BCUT2D eigenvalue weighted by atomic mass is 10.1. The van der Waals surface area contributed by atoms with Crippen molar-refractivity contribution in [3.8, 4) is 0 Å². The molecule has 1 aliphatic rings. The Morgan fingerprint density at radius 2 is 2.05 bits per heavy atom. The molecule has 2 rings (SSSR count). The lowest BCUT2D eigenvalue weighted by molar-refractivity contribution is -0.116. The molecular weight excluding hydrogens is 274 g/mol. The number of alkyl halides is 3. The first-order valence-electron chi connectivity index (χ1n) is 6.16. The molecule has 0 bridgehead atoms. The molecule has 1 aromatic heterocycles. The van der Waals surface area contributed by atoms with Gasteiger partial charge in [-0.3, -0.25) is 4.79 Å². The van der Waals surface area contributed by atoms with E-state index in [0.717, 1.165) is 0 Å². The summed E-state index contributed by atoms with van der Waals surface area (Å²) in [7, 11) is 0. The van der Waals surface area contributed by atoms with Gasteiger partial charge in [0.15, 0.2) is 5.78 Å². The van der Waals surface area contributed by atoms with Crippen LogP contribution in [0.15, 0.2) is 18.2 Å². The van der Waals surface area contributed by atoms with Crippen molar-refractivity contribution in [2.24, 2.45) is 0 Å². The number of aromatic nitrogens is 1. The van der Waals surface area contributed by atoms with Gasteiger partial charge in [-0.15, -0.1) is 11.6 Å².